The molecule has 1 aliphatic carbocycles. The van der Waals surface area contributed by atoms with Gasteiger partial charge in [-0.1, -0.05) is 38.3 Å². The number of alkyl halides is 1. The van der Waals surface area contributed by atoms with E-state index < -0.39 is 0 Å². The van der Waals surface area contributed by atoms with Gasteiger partial charge in [0.05, 0.1) is 13.3 Å². The van der Waals surface area contributed by atoms with Crippen LogP contribution in [0.3, 0.4) is 0 Å². The van der Waals surface area contributed by atoms with E-state index in [1.807, 2.05) is 0 Å². The van der Waals surface area contributed by atoms with E-state index in [0.29, 0.717) is 5.92 Å². The van der Waals surface area contributed by atoms with Crippen LogP contribution in [0.2, 0.25) is 0 Å². The van der Waals surface area contributed by atoms with Crippen molar-refractivity contribution in [2.24, 2.45) is 11.8 Å². The Balaban J connectivity index is 1.69. The van der Waals surface area contributed by atoms with Gasteiger partial charge in [-0.15, -0.1) is 0 Å². The molecule has 0 N–H and O–H groups in total. The first kappa shape index (κ1) is 16.3. The van der Waals surface area contributed by atoms with Crippen LogP contribution in [0.25, 0.3) is 0 Å². The highest BCUT2D eigenvalue weighted by Gasteiger charge is 2.20. The molecule has 0 heterocycles. The molecule has 0 amide bonds. The third kappa shape index (κ3) is 5.68. The molecule has 0 aromatic heterocycles. The summed E-state index contributed by atoms with van der Waals surface area (Å²) in [5, 5.41) is 0. The van der Waals surface area contributed by atoms with Gasteiger partial charge in [-0.25, -0.2) is 0 Å². The van der Waals surface area contributed by atoms with Gasteiger partial charge in [-0.3, -0.25) is 4.39 Å². The van der Waals surface area contributed by atoms with Gasteiger partial charge in [0.15, 0.2) is 0 Å². The van der Waals surface area contributed by atoms with Crippen molar-refractivity contribution in [3.8, 4) is 5.75 Å². The second-order valence-corrected chi connectivity index (χ2v) is 6.43. The van der Waals surface area contributed by atoms with Gasteiger partial charge in [0.1, 0.15) is 5.75 Å². The number of ether oxygens (including phenoxy) is 1. The molecule has 2 rings (SSSR count). The zero-order valence-corrected chi connectivity index (χ0v) is 13.3. The average Bonchev–Trinajstić information content (AvgIpc) is 2.55. The van der Waals surface area contributed by atoms with Crippen molar-refractivity contribution in [1.82, 2.24) is 0 Å². The number of hydrogen-bond donors (Lipinski definition) is 0. The molecule has 0 unspecified atom stereocenters. The highest BCUT2D eigenvalue weighted by molar-refractivity contribution is 5.27. The molecule has 1 fully saturated rings. The van der Waals surface area contributed by atoms with Crippen LogP contribution in [0.1, 0.15) is 57.4 Å². The molecule has 0 aliphatic heterocycles. The van der Waals surface area contributed by atoms with Crippen LogP contribution < -0.4 is 4.74 Å². The largest absolute Gasteiger partial charge is 0.494 e. The van der Waals surface area contributed by atoms with Crippen molar-refractivity contribution in [3.05, 3.63) is 29.8 Å². The quantitative estimate of drug-likeness (QED) is 0.569. The van der Waals surface area contributed by atoms with E-state index in [1.165, 1.54) is 31.2 Å². The molecular weight excluding hydrogens is 263 g/mol. The van der Waals surface area contributed by atoms with Crippen LogP contribution in [0.15, 0.2) is 24.3 Å². The molecule has 118 valence electrons. The summed E-state index contributed by atoms with van der Waals surface area (Å²) in [5.41, 5.74) is 1.39. The number of aryl methyl sites for hydroxylation is 1. The summed E-state index contributed by atoms with van der Waals surface area (Å²) in [4.78, 5) is 0. The van der Waals surface area contributed by atoms with Gasteiger partial charge < -0.3 is 4.74 Å². The Kier molecular flexibility index (Phi) is 7.05. The molecule has 21 heavy (non-hydrogen) atoms. The van der Waals surface area contributed by atoms with Crippen LogP contribution >= 0.6 is 0 Å². The predicted octanol–water partition coefficient (Wildman–Crippen LogP) is 5.57. The second kappa shape index (κ2) is 9.07. The van der Waals surface area contributed by atoms with Gasteiger partial charge in [0.25, 0.3) is 0 Å². The summed E-state index contributed by atoms with van der Waals surface area (Å²) in [6.45, 7) is 2.87. The number of hydrogen-bond acceptors (Lipinski definition) is 1. The Morgan fingerprint density at radius 2 is 1.71 bits per heavy atom. The van der Waals surface area contributed by atoms with Crippen LogP contribution in [-0.2, 0) is 6.42 Å². The lowest BCUT2D eigenvalue weighted by molar-refractivity contribution is 0.224. The van der Waals surface area contributed by atoms with Gasteiger partial charge in [-0.05, 0) is 61.6 Å². The molecule has 1 aromatic rings. The lowest BCUT2D eigenvalue weighted by Crippen LogP contribution is -2.16. The summed E-state index contributed by atoms with van der Waals surface area (Å²) in [5.74, 6) is 2.13. The highest BCUT2D eigenvalue weighted by Crippen LogP contribution is 2.31. The smallest absolute Gasteiger partial charge is 0.119 e. The van der Waals surface area contributed by atoms with Crippen LogP contribution in [0.4, 0.5) is 4.39 Å². The molecule has 0 spiro atoms. The molecule has 1 saturated carbocycles. The van der Waals surface area contributed by atoms with Crippen LogP contribution in [0.5, 0.6) is 5.75 Å². The Labute approximate surface area is 128 Å². The highest BCUT2D eigenvalue weighted by atomic mass is 19.1. The molecule has 0 atom stereocenters. The molecule has 0 bridgehead atoms. The summed E-state index contributed by atoms with van der Waals surface area (Å²) >= 11 is 0. The topological polar surface area (TPSA) is 9.23 Å². The van der Waals surface area contributed by atoms with Crippen LogP contribution in [-0.4, -0.2) is 13.3 Å². The Bertz CT molecular complexity index is 379. The van der Waals surface area contributed by atoms with Crippen molar-refractivity contribution in [1.29, 1.82) is 0 Å². The van der Waals surface area contributed by atoms with Gasteiger partial charge in [-0.2, -0.15) is 0 Å². The Hall–Kier alpha value is -1.05. The third-order valence-electron chi connectivity index (χ3n) is 4.72. The van der Waals surface area contributed by atoms with E-state index in [2.05, 4.69) is 31.2 Å². The molecular formula is C19H29FO. The van der Waals surface area contributed by atoms with Gasteiger partial charge in [0.2, 0.25) is 0 Å². The van der Waals surface area contributed by atoms with Crippen molar-refractivity contribution < 1.29 is 9.13 Å². The normalized spacial score (nSPS) is 22.2. The lowest BCUT2D eigenvalue weighted by atomic mass is 9.80. The van der Waals surface area contributed by atoms with E-state index in [0.717, 1.165) is 44.0 Å². The van der Waals surface area contributed by atoms with Gasteiger partial charge in [0, 0.05) is 0 Å². The average molecular weight is 292 g/mol. The minimum Gasteiger partial charge on any atom is -0.494 e. The van der Waals surface area contributed by atoms with E-state index >= 15 is 0 Å². The predicted molar refractivity (Wildman–Crippen MR) is 86.6 cm³/mol. The van der Waals surface area contributed by atoms with Crippen LogP contribution in [0, 0.1) is 11.8 Å². The summed E-state index contributed by atoms with van der Waals surface area (Å²) < 4.78 is 18.3. The summed E-state index contributed by atoms with van der Waals surface area (Å²) in [6, 6.07) is 8.55. The summed E-state index contributed by atoms with van der Waals surface area (Å²) in [7, 11) is 0. The van der Waals surface area contributed by atoms with Gasteiger partial charge >= 0.3 is 0 Å². The zero-order valence-electron chi connectivity index (χ0n) is 13.3. The maximum absolute atomic E-state index is 12.6. The van der Waals surface area contributed by atoms with E-state index in [4.69, 9.17) is 4.74 Å². The first-order chi connectivity index (χ1) is 10.3. The van der Waals surface area contributed by atoms with Crippen molar-refractivity contribution in [3.63, 3.8) is 0 Å². The molecule has 0 radical (unpaired) electrons. The van der Waals surface area contributed by atoms with Crippen molar-refractivity contribution in [2.75, 3.05) is 13.3 Å². The second-order valence-electron chi connectivity index (χ2n) is 6.43. The molecule has 2 heteroatoms. The molecule has 1 nitrogen and oxygen atoms in total. The fourth-order valence-electron chi connectivity index (χ4n) is 3.13. The maximum atomic E-state index is 12.6. The maximum Gasteiger partial charge on any atom is 0.119 e. The molecule has 0 saturated heterocycles. The monoisotopic (exact) mass is 292 g/mol. The lowest BCUT2D eigenvalue weighted by Gasteiger charge is -2.26. The van der Waals surface area contributed by atoms with E-state index in [-0.39, 0.29) is 6.67 Å². The van der Waals surface area contributed by atoms with Crippen molar-refractivity contribution >= 4 is 0 Å². The minimum atomic E-state index is -0.119. The number of halogens is 1. The summed E-state index contributed by atoms with van der Waals surface area (Å²) in [6.07, 6.45) is 9.28. The number of benzene rings is 1. The third-order valence-corrected chi connectivity index (χ3v) is 4.72. The van der Waals surface area contributed by atoms with E-state index in [9.17, 15) is 4.39 Å². The number of unbranched alkanes of at least 4 members (excludes halogenated alkanes) is 1. The standard InChI is InChI=1S/C19H29FO/c1-2-3-14-21-19-12-10-17(11-13-19)5-4-16-6-8-18(15-20)9-7-16/h10-13,16,18H,2-9,14-15H2,1H3/t16-,18-. The minimum absolute atomic E-state index is 0.119. The first-order valence-electron chi connectivity index (χ1n) is 8.59. The van der Waals surface area contributed by atoms with E-state index in [1.54, 1.807) is 0 Å². The number of rotatable bonds is 8. The first-order valence-corrected chi connectivity index (χ1v) is 8.59. The molecule has 1 aromatic carbocycles. The van der Waals surface area contributed by atoms with Crippen molar-refractivity contribution in [2.45, 2.75) is 58.3 Å². The fraction of sp³-hybridized carbons (Fsp3) is 0.684. The zero-order chi connectivity index (χ0) is 14.9. The SMILES string of the molecule is CCCCOc1ccc(CC[C@H]2CC[C@H](CF)CC2)cc1. The fourth-order valence-corrected chi connectivity index (χ4v) is 3.13. The Morgan fingerprint density at radius 1 is 1.05 bits per heavy atom. The Morgan fingerprint density at radius 3 is 2.33 bits per heavy atom. The molecule has 1 aliphatic rings.